The number of fused-ring (bicyclic) bond motifs is 8. The fourth-order valence-corrected chi connectivity index (χ4v) is 6.73. The van der Waals surface area contributed by atoms with Crippen molar-refractivity contribution in [2.75, 3.05) is 0 Å². The van der Waals surface area contributed by atoms with E-state index in [1.807, 2.05) is 0 Å². The van der Waals surface area contributed by atoms with Gasteiger partial charge in [-0.25, -0.2) is 9.97 Å². The van der Waals surface area contributed by atoms with E-state index in [-0.39, 0.29) is 0 Å². The lowest BCUT2D eigenvalue weighted by atomic mass is 10.2. The molecule has 242 valence electrons. The summed E-state index contributed by atoms with van der Waals surface area (Å²) in [6.07, 6.45) is 8.28. The van der Waals surface area contributed by atoms with Gasteiger partial charge >= 0.3 is 0 Å². The molecule has 0 atom stereocenters. The summed E-state index contributed by atoms with van der Waals surface area (Å²) in [5, 5.41) is 0. The van der Waals surface area contributed by atoms with Gasteiger partial charge in [0.15, 0.2) is 0 Å². The Bertz CT molecular complexity index is 1980. The molecule has 0 fully saturated rings. The van der Waals surface area contributed by atoms with Gasteiger partial charge < -0.3 is 9.97 Å². The molecule has 0 saturated heterocycles. The zero-order chi connectivity index (χ0) is 35.1. The van der Waals surface area contributed by atoms with Crippen LogP contribution in [-0.4, -0.2) is 52.2 Å². The molecular formula is C40H46N4Si4. The highest BCUT2D eigenvalue weighted by molar-refractivity contribution is 6.85. The molecule has 48 heavy (non-hydrogen) atoms. The van der Waals surface area contributed by atoms with E-state index >= 15 is 0 Å². The van der Waals surface area contributed by atoms with Crippen LogP contribution < -0.4 is 0 Å². The lowest BCUT2D eigenvalue weighted by molar-refractivity contribution is 1.29. The van der Waals surface area contributed by atoms with E-state index < -0.39 is 32.3 Å². The summed E-state index contributed by atoms with van der Waals surface area (Å²) in [6.45, 7) is 27.1. The normalized spacial score (nSPS) is 12.6. The fourth-order valence-electron chi connectivity index (χ4n) is 4.73. The number of aromatic nitrogens is 4. The maximum Gasteiger partial charge on any atom is 0.129 e. The molecule has 0 saturated carbocycles. The maximum absolute atomic E-state index is 5.20. The molecular weight excluding hydrogens is 649 g/mol. The first-order chi connectivity index (χ1) is 22.2. The second-order valence-electron chi connectivity index (χ2n) is 16.5. The summed E-state index contributed by atoms with van der Waals surface area (Å²) in [7, 11) is -6.77. The van der Waals surface area contributed by atoms with E-state index in [4.69, 9.17) is 9.97 Å². The molecule has 5 rings (SSSR count). The van der Waals surface area contributed by atoms with Crippen LogP contribution >= 0.6 is 0 Å². The van der Waals surface area contributed by atoms with Crippen molar-refractivity contribution in [2.45, 2.75) is 78.6 Å². The number of nitrogens with one attached hydrogen (secondary N) is 2. The van der Waals surface area contributed by atoms with Crippen molar-refractivity contribution < 1.29 is 0 Å². The van der Waals surface area contributed by atoms with Crippen molar-refractivity contribution in [3.8, 4) is 45.9 Å². The predicted molar refractivity (Wildman–Crippen MR) is 220 cm³/mol. The van der Waals surface area contributed by atoms with Crippen LogP contribution in [0.25, 0.3) is 46.4 Å². The second kappa shape index (κ2) is 13.0. The third kappa shape index (κ3) is 8.98. The highest BCUT2D eigenvalue weighted by Gasteiger charge is 2.17. The molecule has 0 unspecified atom stereocenters. The molecule has 0 radical (unpaired) electrons. The van der Waals surface area contributed by atoms with Crippen molar-refractivity contribution in [3.63, 3.8) is 0 Å². The van der Waals surface area contributed by atoms with Crippen molar-refractivity contribution in [3.05, 3.63) is 69.3 Å². The van der Waals surface area contributed by atoms with Crippen molar-refractivity contribution >= 4 is 78.7 Å². The van der Waals surface area contributed by atoms with E-state index in [0.29, 0.717) is 0 Å². The van der Waals surface area contributed by atoms with Crippen LogP contribution in [0.5, 0.6) is 0 Å². The van der Waals surface area contributed by atoms with Gasteiger partial charge in [-0.3, -0.25) is 0 Å². The average molecular weight is 695 g/mol. The Labute approximate surface area is 291 Å². The monoisotopic (exact) mass is 694 g/mol. The van der Waals surface area contributed by atoms with Crippen molar-refractivity contribution in [1.82, 2.24) is 19.9 Å². The molecule has 8 bridgehead atoms. The van der Waals surface area contributed by atoms with Crippen LogP contribution in [0.4, 0.5) is 0 Å². The van der Waals surface area contributed by atoms with Crippen molar-refractivity contribution in [2.24, 2.45) is 0 Å². The Balaban J connectivity index is 2.03. The summed E-state index contributed by atoms with van der Waals surface area (Å²) >= 11 is 0. The van der Waals surface area contributed by atoms with Gasteiger partial charge in [-0.15, -0.1) is 22.2 Å². The quantitative estimate of drug-likeness (QED) is 0.125. The highest BCUT2D eigenvalue weighted by Crippen LogP contribution is 2.27. The summed E-state index contributed by atoms with van der Waals surface area (Å²) in [5.41, 5.74) is 24.8. The van der Waals surface area contributed by atoms with Gasteiger partial charge in [0.05, 0.1) is 67.1 Å². The largest absolute Gasteiger partial charge is 0.353 e. The Morgan fingerprint density at radius 1 is 0.375 bits per heavy atom. The first-order valence-corrected chi connectivity index (χ1v) is 30.5. The summed E-state index contributed by atoms with van der Waals surface area (Å²) < 4.78 is 0. The SMILES string of the molecule is C[Si](C)(C)C#Cc1c2nc(c(C#C[Si](C)(C)C)c3ccc([nH]3)c(C#C[Si](C)(C)C)c3nc(c(C#C[Si](C)(C)C)c4ccc1[nH]4)C=C3)C=C2. The molecule has 2 N–H and O–H groups in total. The van der Waals surface area contributed by atoms with Gasteiger partial charge in [0.2, 0.25) is 0 Å². The Morgan fingerprint density at radius 3 is 0.771 bits per heavy atom. The molecule has 0 aromatic carbocycles. The molecule has 0 spiro atoms. The van der Waals surface area contributed by atoms with Gasteiger partial charge in [0.1, 0.15) is 32.3 Å². The lowest BCUT2D eigenvalue weighted by Gasteiger charge is -2.04. The van der Waals surface area contributed by atoms with Crippen molar-refractivity contribution in [1.29, 1.82) is 0 Å². The Morgan fingerprint density at radius 2 is 0.583 bits per heavy atom. The summed E-state index contributed by atoms with van der Waals surface area (Å²) in [5.74, 6) is 14.2. The number of rotatable bonds is 0. The third-order valence-corrected chi connectivity index (χ3v) is 10.5. The van der Waals surface area contributed by atoms with E-state index in [1.54, 1.807) is 0 Å². The smallest absolute Gasteiger partial charge is 0.129 e. The number of aromatic amines is 2. The van der Waals surface area contributed by atoms with Crippen LogP contribution in [-0.2, 0) is 0 Å². The summed E-state index contributed by atoms with van der Waals surface area (Å²) in [4.78, 5) is 17.8. The zero-order valence-corrected chi connectivity index (χ0v) is 34.5. The number of nitrogens with zero attached hydrogens (tertiary/aromatic N) is 2. The predicted octanol–water partition coefficient (Wildman–Crippen LogP) is 9.57. The minimum absolute atomic E-state index is 0.826. The maximum atomic E-state index is 5.20. The number of H-pyrrole nitrogens is 2. The van der Waals surface area contributed by atoms with Gasteiger partial charge in [-0.05, 0) is 48.6 Å². The molecule has 2 aliphatic heterocycles. The van der Waals surface area contributed by atoms with E-state index in [9.17, 15) is 0 Å². The molecule has 3 aromatic rings. The molecule has 0 amide bonds. The molecule has 5 heterocycles. The number of hydrogen-bond donors (Lipinski definition) is 2. The molecule has 8 heteroatoms. The average Bonchev–Trinajstić information content (AvgIpc) is 3.76. The van der Waals surface area contributed by atoms with Crippen LogP contribution in [0, 0.1) is 45.9 Å². The molecule has 0 aliphatic carbocycles. The minimum atomic E-state index is -1.69. The van der Waals surface area contributed by atoms with E-state index in [1.165, 1.54) is 0 Å². The van der Waals surface area contributed by atoms with Gasteiger partial charge in [0.25, 0.3) is 0 Å². The van der Waals surface area contributed by atoms with Crippen LogP contribution in [0.1, 0.15) is 45.0 Å². The Kier molecular flexibility index (Phi) is 9.46. The Hall–Kier alpha value is -4.29. The minimum Gasteiger partial charge on any atom is -0.353 e. The first-order valence-electron chi connectivity index (χ1n) is 16.5. The third-order valence-electron chi connectivity index (χ3n) is 7.00. The van der Waals surface area contributed by atoms with E-state index in [2.05, 4.69) is 183 Å². The van der Waals surface area contributed by atoms with Gasteiger partial charge in [-0.2, -0.15) is 0 Å². The number of hydrogen-bond acceptors (Lipinski definition) is 2. The first kappa shape index (κ1) is 35.0. The lowest BCUT2D eigenvalue weighted by Crippen LogP contribution is -2.16. The molecule has 2 aliphatic rings. The zero-order valence-electron chi connectivity index (χ0n) is 30.5. The second-order valence-corrected chi connectivity index (χ2v) is 35.5. The summed E-state index contributed by atoms with van der Waals surface area (Å²) in [6, 6.07) is 8.39. The van der Waals surface area contributed by atoms with Crippen LogP contribution in [0.3, 0.4) is 0 Å². The van der Waals surface area contributed by atoms with Crippen LogP contribution in [0.15, 0.2) is 24.3 Å². The van der Waals surface area contributed by atoms with Gasteiger partial charge in [-0.1, -0.05) is 102 Å². The van der Waals surface area contributed by atoms with E-state index in [0.717, 1.165) is 67.1 Å². The molecule has 3 aromatic heterocycles. The topological polar surface area (TPSA) is 57.4 Å². The molecule has 4 nitrogen and oxygen atoms in total. The standard InChI is InChI=1S/C40H46N4Si4/c1-45(2,3)25-21-29-33-13-15-35(41-33)30(22-26-46(4,5)6)37-17-19-39(43-37)32(24-28-48(10,11)12)40-20-18-38(44-40)31(23-27-47(7,8)9)36-16-14-34(29)42-36/h13-20,41,44H,1-12H3. The van der Waals surface area contributed by atoms with Gasteiger partial charge in [0, 0.05) is 0 Å². The fraction of sp³-hybridized carbons (Fsp3) is 0.300. The van der Waals surface area contributed by atoms with Crippen LogP contribution in [0.2, 0.25) is 78.6 Å². The highest BCUT2D eigenvalue weighted by atomic mass is 28.3.